The first-order valence-corrected chi connectivity index (χ1v) is 6.85. The molecule has 0 saturated carbocycles. The molecule has 1 aromatic heterocycles. The van der Waals surface area contributed by atoms with E-state index in [2.05, 4.69) is 48.4 Å². The van der Waals surface area contributed by atoms with Crippen molar-refractivity contribution >= 4 is 17.3 Å². The number of thiazole rings is 1. The van der Waals surface area contributed by atoms with E-state index in [-0.39, 0.29) is 0 Å². The summed E-state index contributed by atoms with van der Waals surface area (Å²) in [7, 11) is 0. The number of rotatable bonds is 5. The second kappa shape index (κ2) is 6.59. The lowest BCUT2D eigenvalue weighted by Gasteiger charge is -2.07. The minimum atomic E-state index is 0.473. The van der Waals surface area contributed by atoms with Crippen molar-refractivity contribution in [2.75, 3.05) is 6.54 Å². The fourth-order valence-corrected chi connectivity index (χ4v) is 2.06. The molecule has 1 rings (SSSR count). The first-order valence-electron chi connectivity index (χ1n) is 5.97. The van der Waals surface area contributed by atoms with Crippen LogP contribution in [-0.2, 0) is 6.54 Å². The van der Waals surface area contributed by atoms with Gasteiger partial charge in [-0.3, -0.25) is 0 Å². The topological polar surface area (TPSA) is 63.3 Å². The summed E-state index contributed by atoms with van der Waals surface area (Å²) in [5.74, 6) is 1.54. The van der Waals surface area contributed by atoms with E-state index in [4.69, 9.17) is 5.73 Å². The summed E-state index contributed by atoms with van der Waals surface area (Å²) < 4.78 is 0. The Labute approximate surface area is 107 Å². The second-order valence-corrected chi connectivity index (χ2v) is 5.74. The number of hydrogen-bond acceptors (Lipinski definition) is 3. The van der Waals surface area contributed by atoms with Crippen LogP contribution in [-0.4, -0.2) is 17.5 Å². The molecular weight excluding hydrogens is 232 g/mol. The van der Waals surface area contributed by atoms with E-state index >= 15 is 0 Å². The Morgan fingerprint density at radius 2 is 2.18 bits per heavy atom. The van der Waals surface area contributed by atoms with Gasteiger partial charge in [-0.05, 0) is 11.8 Å². The summed E-state index contributed by atoms with van der Waals surface area (Å²) in [5.41, 5.74) is 6.89. The maximum absolute atomic E-state index is 5.75. The largest absolute Gasteiger partial charge is 0.370 e. The predicted octanol–water partition coefficient (Wildman–Crippen LogP) is 2.33. The standard InChI is InChI=1S/C12H22N4S/c1-8(2)5-14-12(13)15-6-11-16-10(7-17-11)9(3)4/h7-9H,5-6H2,1-4H3,(H3,13,14,15). The SMILES string of the molecule is CC(C)CNC(N)=NCc1nc(C(C)C)cs1. The number of aromatic nitrogens is 1. The van der Waals surface area contributed by atoms with Gasteiger partial charge in [0.1, 0.15) is 5.01 Å². The van der Waals surface area contributed by atoms with Gasteiger partial charge in [-0.25, -0.2) is 9.98 Å². The number of nitrogens with two attached hydrogens (primary N) is 1. The van der Waals surface area contributed by atoms with E-state index in [9.17, 15) is 0 Å². The molecule has 0 aromatic carbocycles. The summed E-state index contributed by atoms with van der Waals surface area (Å²) in [6.07, 6.45) is 0. The molecule has 1 heterocycles. The molecule has 5 heteroatoms. The van der Waals surface area contributed by atoms with Crippen molar-refractivity contribution in [1.29, 1.82) is 0 Å². The van der Waals surface area contributed by atoms with Crippen molar-refractivity contribution in [2.45, 2.75) is 40.2 Å². The van der Waals surface area contributed by atoms with Crippen molar-refractivity contribution in [3.63, 3.8) is 0 Å². The van der Waals surface area contributed by atoms with Gasteiger partial charge in [-0.1, -0.05) is 27.7 Å². The Hall–Kier alpha value is -1.10. The monoisotopic (exact) mass is 254 g/mol. The van der Waals surface area contributed by atoms with E-state index in [0.717, 1.165) is 17.2 Å². The third-order valence-electron chi connectivity index (χ3n) is 2.24. The molecule has 0 aliphatic heterocycles. The highest BCUT2D eigenvalue weighted by molar-refractivity contribution is 7.09. The quantitative estimate of drug-likeness (QED) is 0.626. The third kappa shape index (κ3) is 5.17. The molecule has 0 atom stereocenters. The molecule has 0 saturated heterocycles. The minimum Gasteiger partial charge on any atom is -0.370 e. The third-order valence-corrected chi connectivity index (χ3v) is 3.09. The molecular formula is C12H22N4S. The normalized spacial score (nSPS) is 12.5. The molecule has 0 unspecified atom stereocenters. The van der Waals surface area contributed by atoms with Crippen LogP contribution in [0.5, 0.6) is 0 Å². The maximum Gasteiger partial charge on any atom is 0.189 e. The lowest BCUT2D eigenvalue weighted by Crippen LogP contribution is -2.34. The summed E-state index contributed by atoms with van der Waals surface area (Å²) in [5, 5.41) is 6.19. The minimum absolute atomic E-state index is 0.473. The van der Waals surface area contributed by atoms with Gasteiger partial charge in [0.25, 0.3) is 0 Å². The van der Waals surface area contributed by atoms with Gasteiger partial charge in [0.05, 0.1) is 12.2 Å². The highest BCUT2D eigenvalue weighted by Crippen LogP contribution is 2.18. The van der Waals surface area contributed by atoms with Crippen molar-refractivity contribution in [1.82, 2.24) is 10.3 Å². The van der Waals surface area contributed by atoms with Crippen LogP contribution in [0.15, 0.2) is 10.4 Å². The van der Waals surface area contributed by atoms with E-state index < -0.39 is 0 Å². The first-order chi connectivity index (χ1) is 7.99. The molecule has 0 spiro atoms. The van der Waals surface area contributed by atoms with Gasteiger partial charge in [-0.2, -0.15) is 0 Å². The first kappa shape index (κ1) is 14.0. The number of hydrogen-bond donors (Lipinski definition) is 2. The zero-order valence-electron chi connectivity index (χ0n) is 11.0. The molecule has 0 aliphatic rings. The zero-order valence-corrected chi connectivity index (χ0v) is 11.8. The van der Waals surface area contributed by atoms with Crippen LogP contribution in [0.1, 0.15) is 44.3 Å². The average Bonchev–Trinajstić information content (AvgIpc) is 2.72. The van der Waals surface area contributed by atoms with Gasteiger partial charge in [0.2, 0.25) is 0 Å². The van der Waals surface area contributed by atoms with Crippen molar-refractivity contribution in [2.24, 2.45) is 16.6 Å². The molecule has 0 radical (unpaired) electrons. The van der Waals surface area contributed by atoms with Crippen LogP contribution in [0.3, 0.4) is 0 Å². The Kier molecular flexibility index (Phi) is 5.41. The fourth-order valence-electron chi connectivity index (χ4n) is 1.18. The fraction of sp³-hybridized carbons (Fsp3) is 0.667. The number of nitrogens with zero attached hydrogens (tertiary/aromatic N) is 2. The van der Waals surface area contributed by atoms with Crippen LogP contribution in [0, 0.1) is 5.92 Å². The van der Waals surface area contributed by atoms with Crippen LogP contribution >= 0.6 is 11.3 Å². The van der Waals surface area contributed by atoms with Gasteiger partial charge in [0.15, 0.2) is 5.96 Å². The summed E-state index contributed by atoms with van der Waals surface area (Å²) >= 11 is 1.64. The summed E-state index contributed by atoms with van der Waals surface area (Å²) in [4.78, 5) is 8.78. The predicted molar refractivity (Wildman–Crippen MR) is 74.4 cm³/mol. The smallest absolute Gasteiger partial charge is 0.189 e. The number of nitrogens with one attached hydrogen (secondary N) is 1. The van der Waals surface area contributed by atoms with Crippen molar-refractivity contribution < 1.29 is 0 Å². The Bertz CT molecular complexity index is 368. The van der Waals surface area contributed by atoms with Crippen molar-refractivity contribution in [3.8, 4) is 0 Å². The molecule has 1 aromatic rings. The summed E-state index contributed by atoms with van der Waals surface area (Å²) in [6.45, 7) is 9.96. The lowest BCUT2D eigenvalue weighted by atomic mass is 10.2. The van der Waals surface area contributed by atoms with Crippen LogP contribution in [0.4, 0.5) is 0 Å². The van der Waals surface area contributed by atoms with Gasteiger partial charge < -0.3 is 11.1 Å². The van der Waals surface area contributed by atoms with Crippen molar-refractivity contribution in [3.05, 3.63) is 16.1 Å². The molecule has 96 valence electrons. The lowest BCUT2D eigenvalue weighted by molar-refractivity contribution is 0.621. The second-order valence-electron chi connectivity index (χ2n) is 4.80. The zero-order chi connectivity index (χ0) is 12.8. The van der Waals surface area contributed by atoms with E-state index in [1.165, 1.54) is 0 Å². The van der Waals surface area contributed by atoms with Gasteiger partial charge >= 0.3 is 0 Å². The molecule has 3 N–H and O–H groups in total. The van der Waals surface area contributed by atoms with Crippen LogP contribution in [0.25, 0.3) is 0 Å². The summed E-state index contributed by atoms with van der Waals surface area (Å²) in [6, 6.07) is 0. The molecule has 0 amide bonds. The molecule has 17 heavy (non-hydrogen) atoms. The molecule has 0 aliphatic carbocycles. The Morgan fingerprint density at radius 3 is 2.71 bits per heavy atom. The maximum atomic E-state index is 5.75. The molecule has 0 bridgehead atoms. The average molecular weight is 254 g/mol. The Balaban J connectivity index is 2.45. The van der Waals surface area contributed by atoms with E-state index in [0.29, 0.717) is 24.3 Å². The van der Waals surface area contributed by atoms with Crippen LogP contribution < -0.4 is 11.1 Å². The highest BCUT2D eigenvalue weighted by Gasteiger charge is 2.05. The van der Waals surface area contributed by atoms with E-state index in [1.807, 2.05) is 0 Å². The molecule has 0 fully saturated rings. The van der Waals surface area contributed by atoms with Gasteiger partial charge in [0, 0.05) is 11.9 Å². The van der Waals surface area contributed by atoms with Gasteiger partial charge in [-0.15, -0.1) is 11.3 Å². The number of guanidine groups is 1. The molecule has 4 nitrogen and oxygen atoms in total. The van der Waals surface area contributed by atoms with Crippen LogP contribution in [0.2, 0.25) is 0 Å². The highest BCUT2D eigenvalue weighted by atomic mass is 32.1. The number of aliphatic imine (C=N–C) groups is 1. The Morgan fingerprint density at radius 1 is 1.47 bits per heavy atom. The van der Waals surface area contributed by atoms with E-state index in [1.54, 1.807) is 11.3 Å².